The SMILES string of the molecule is CCC1N(C)N1C1CCCCC1. The third-order valence-electron chi connectivity index (χ3n) is 3.36. The molecular formula is C10H20N2. The first kappa shape index (κ1) is 8.52. The predicted octanol–water partition coefficient (Wildman–Crippen LogP) is 2.22. The van der Waals surface area contributed by atoms with E-state index in [0.29, 0.717) is 0 Å². The highest BCUT2D eigenvalue weighted by molar-refractivity contribution is 4.87. The molecular weight excluding hydrogens is 148 g/mol. The maximum absolute atomic E-state index is 2.58. The minimum absolute atomic E-state index is 0.771. The van der Waals surface area contributed by atoms with E-state index >= 15 is 0 Å². The van der Waals surface area contributed by atoms with Gasteiger partial charge < -0.3 is 0 Å². The number of rotatable bonds is 2. The third-order valence-corrected chi connectivity index (χ3v) is 3.36. The summed E-state index contributed by atoms with van der Waals surface area (Å²) in [4.78, 5) is 0. The first-order chi connectivity index (χ1) is 5.84. The van der Waals surface area contributed by atoms with E-state index in [2.05, 4.69) is 24.0 Å². The number of hydrazine groups is 1. The molecule has 0 spiro atoms. The van der Waals surface area contributed by atoms with Gasteiger partial charge in [-0.15, -0.1) is 0 Å². The first-order valence-corrected chi connectivity index (χ1v) is 5.35. The van der Waals surface area contributed by atoms with Gasteiger partial charge in [0.05, 0.1) is 6.17 Å². The van der Waals surface area contributed by atoms with Gasteiger partial charge in [0.15, 0.2) is 0 Å². The van der Waals surface area contributed by atoms with E-state index in [1.54, 1.807) is 0 Å². The lowest BCUT2D eigenvalue weighted by atomic mass is 9.95. The van der Waals surface area contributed by atoms with Crippen molar-refractivity contribution < 1.29 is 0 Å². The van der Waals surface area contributed by atoms with Crippen LogP contribution in [-0.4, -0.2) is 29.3 Å². The van der Waals surface area contributed by atoms with Gasteiger partial charge in [0.1, 0.15) is 0 Å². The molecule has 0 aromatic carbocycles. The van der Waals surface area contributed by atoms with E-state index in [-0.39, 0.29) is 0 Å². The van der Waals surface area contributed by atoms with Crippen LogP contribution in [0.2, 0.25) is 0 Å². The zero-order valence-corrected chi connectivity index (χ0v) is 8.29. The molecule has 2 heteroatoms. The Morgan fingerprint density at radius 3 is 2.33 bits per heavy atom. The van der Waals surface area contributed by atoms with Gasteiger partial charge in [-0.1, -0.05) is 26.2 Å². The predicted molar refractivity (Wildman–Crippen MR) is 50.6 cm³/mol. The fourth-order valence-corrected chi connectivity index (χ4v) is 2.62. The van der Waals surface area contributed by atoms with Gasteiger partial charge in [-0.2, -0.15) is 0 Å². The second-order valence-corrected chi connectivity index (χ2v) is 4.13. The molecule has 12 heavy (non-hydrogen) atoms. The van der Waals surface area contributed by atoms with Gasteiger partial charge >= 0.3 is 0 Å². The summed E-state index contributed by atoms with van der Waals surface area (Å²) < 4.78 is 0. The monoisotopic (exact) mass is 168 g/mol. The van der Waals surface area contributed by atoms with Gasteiger partial charge in [-0.25, -0.2) is 10.0 Å². The third kappa shape index (κ3) is 1.38. The van der Waals surface area contributed by atoms with Crippen molar-refractivity contribution in [2.75, 3.05) is 7.05 Å². The standard InChI is InChI=1S/C10H20N2/c1-3-10-11(2)12(10)9-7-5-4-6-8-9/h9-10H,3-8H2,1-2H3. The minimum atomic E-state index is 0.771. The van der Waals surface area contributed by atoms with Crippen LogP contribution in [0.1, 0.15) is 45.4 Å². The van der Waals surface area contributed by atoms with Crippen LogP contribution in [0.25, 0.3) is 0 Å². The zero-order chi connectivity index (χ0) is 8.55. The highest BCUT2D eigenvalue weighted by Crippen LogP contribution is 2.35. The molecule has 0 bridgehead atoms. The van der Waals surface area contributed by atoms with Crippen molar-refractivity contribution in [3.63, 3.8) is 0 Å². The van der Waals surface area contributed by atoms with Crippen LogP contribution in [0.3, 0.4) is 0 Å². The Morgan fingerprint density at radius 2 is 1.83 bits per heavy atom. The molecule has 0 aromatic rings. The average Bonchev–Trinajstić information content (AvgIpc) is 2.78. The largest absolute Gasteiger partial charge is 0.224 e. The molecule has 3 atom stereocenters. The van der Waals surface area contributed by atoms with Crippen molar-refractivity contribution >= 4 is 0 Å². The molecule has 0 amide bonds. The summed E-state index contributed by atoms with van der Waals surface area (Å²) in [6.45, 7) is 2.28. The molecule has 70 valence electrons. The van der Waals surface area contributed by atoms with Gasteiger partial charge in [0.25, 0.3) is 0 Å². The lowest BCUT2D eigenvalue weighted by molar-refractivity contribution is 0.210. The lowest BCUT2D eigenvalue weighted by Gasteiger charge is -2.22. The Balaban J connectivity index is 1.85. The molecule has 2 rings (SSSR count). The number of hydrogen-bond acceptors (Lipinski definition) is 2. The molecule has 1 aliphatic heterocycles. The molecule has 1 saturated heterocycles. The summed E-state index contributed by atoms with van der Waals surface area (Å²) in [6, 6.07) is 0.883. The van der Waals surface area contributed by atoms with Crippen molar-refractivity contribution in [1.29, 1.82) is 0 Å². The lowest BCUT2D eigenvalue weighted by Crippen LogP contribution is -2.24. The smallest absolute Gasteiger partial charge is 0.0891 e. The van der Waals surface area contributed by atoms with Crippen LogP contribution in [0.15, 0.2) is 0 Å². The second-order valence-electron chi connectivity index (χ2n) is 4.13. The number of hydrogen-bond donors (Lipinski definition) is 0. The summed E-state index contributed by atoms with van der Waals surface area (Å²) >= 11 is 0. The van der Waals surface area contributed by atoms with Gasteiger partial charge in [-0.3, -0.25) is 0 Å². The van der Waals surface area contributed by atoms with Crippen LogP contribution >= 0.6 is 0 Å². The Kier molecular flexibility index (Phi) is 2.37. The molecule has 1 aliphatic carbocycles. The first-order valence-electron chi connectivity index (χ1n) is 5.35. The Morgan fingerprint density at radius 1 is 1.17 bits per heavy atom. The van der Waals surface area contributed by atoms with Gasteiger partial charge in [-0.05, 0) is 19.3 Å². The Hall–Kier alpha value is -0.0800. The zero-order valence-electron chi connectivity index (χ0n) is 8.29. The van der Waals surface area contributed by atoms with Crippen LogP contribution in [0.4, 0.5) is 0 Å². The maximum Gasteiger partial charge on any atom is 0.0891 e. The molecule has 0 radical (unpaired) electrons. The fourth-order valence-electron chi connectivity index (χ4n) is 2.62. The van der Waals surface area contributed by atoms with Crippen molar-refractivity contribution in [2.45, 2.75) is 57.7 Å². The summed E-state index contributed by atoms with van der Waals surface area (Å²) in [7, 11) is 2.22. The summed E-state index contributed by atoms with van der Waals surface area (Å²) in [5, 5.41) is 5.00. The minimum Gasteiger partial charge on any atom is -0.224 e. The van der Waals surface area contributed by atoms with Gasteiger partial charge in [0, 0.05) is 13.1 Å². The normalized spacial score (nSPS) is 43.0. The van der Waals surface area contributed by atoms with Crippen LogP contribution < -0.4 is 0 Å². The molecule has 2 fully saturated rings. The van der Waals surface area contributed by atoms with Gasteiger partial charge in [0.2, 0.25) is 0 Å². The van der Waals surface area contributed by atoms with Crippen LogP contribution in [0.5, 0.6) is 0 Å². The highest BCUT2D eigenvalue weighted by Gasteiger charge is 2.44. The highest BCUT2D eigenvalue weighted by atomic mass is 15.9. The van der Waals surface area contributed by atoms with Crippen molar-refractivity contribution in [3.05, 3.63) is 0 Å². The summed E-state index contributed by atoms with van der Waals surface area (Å²) in [5.74, 6) is 0. The van der Waals surface area contributed by atoms with E-state index in [4.69, 9.17) is 0 Å². The summed E-state index contributed by atoms with van der Waals surface area (Å²) in [5.41, 5.74) is 0. The Bertz CT molecular complexity index is 152. The quantitative estimate of drug-likeness (QED) is 0.583. The topological polar surface area (TPSA) is 6.02 Å². The molecule has 1 heterocycles. The maximum atomic E-state index is 2.58. The molecule has 2 aliphatic rings. The molecule has 2 nitrogen and oxygen atoms in total. The fraction of sp³-hybridized carbons (Fsp3) is 1.00. The average molecular weight is 168 g/mol. The van der Waals surface area contributed by atoms with Crippen LogP contribution in [-0.2, 0) is 0 Å². The van der Waals surface area contributed by atoms with E-state index in [1.807, 2.05) is 0 Å². The van der Waals surface area contributed by atoms with E-state index in [1.165, 1.54) is 38.5 Å². The molecule has 0 aromatic heterocycles. The Labute approximate surface area is 75.5 Å². The molecule has 1 saturated carbocycles. The van der Waals surface area contributed by atoms with Crippen LogP contribution in [0, 0.1) is 0 Å². The van der Waals surface area contributed by atoms with E-state index in [0.717, 1.165) is 12.2 Å². The van der Waals surface area contributed by atoms with Crippen molar-refractivity contribution in [1.82, 2.24) is 10.0 Å². The van der Waals surface area contributed by atoms with E-state index in [9.17, 15) is 0 Å². The van der Waals surface area contributed by atoms with Crippen molar-refractivity contribution in [3.8, 4) is 0 Å². The molecule has 3 unspecified atom stereocenters. The molecule has 0 N–H and O–H groups in total. The van der Waals surface area contributed by atoms with E-state index < -0.39 is 0 Å². The number of nitrogens with zero attached hydrogens (tertiary/aromatic N) is 2. The van der Waals surface area contributed by atoms with Crippen molar-refractivity contribution in [2.24, 2.45) is 0 Å². The second kappa shape index (κ2) is 3.35. The summed E-state index contributed by atoms with van der Waals surface area (Å²) in [6.07, 6.45) is 9.28.